The first-order valence-corrected chi connectivity index (χ1v) is 9.90. The van der Waals surface area contributed by atoms with Crippen LogP contribution in [0.1, 0.15) is 58.3 Å². The summed E-state index contributed by atoms with van der Waals surface area (Å²) in [5, 5.41) is 1.31. The van der Waals surface area contributed by atoms with Gasteiger partial charge in [0.1, 0.15) is 0 Å². The molecule has 1 aliphatic rings. The minimum Gasteiger partial charge on any atom is -0.406 e. The first kappa shape index (κ1) is 31.1. The molecule has 0 aromatic carbocycles. The molecule has 0 saturated carbocycles. The molecule has 140 valence electrons. The van der Waals surface area contributed by atoms with Crippen LogP contribution in [0.4, 0.5) is 0 Å². The standard InChI is InChI=1S/C16H29O2Si.3CH3.Pt/c1-5-6-7-8-9-10-12-15-13-11-14-16(15)19(4,17-2)18-3;;;;/h14H,5-12H2,1-4H3;3*1H3;/q4*-1;+4. The molecule has 2 nitrogen and oxygen atoms in total. The number of hydrogen-bond acceptors (Lipinski definition) is 2. The summed E-state index contributed by atoms with van der Waals surface area (Å²) in [6.45, 7) is 4.38. The maximum atomic E-state index is 5.65. The van der Waals surface area contributed by atoms with Crippen LogP contribution < -0.4 is 0 Å². The molecule has 0 aromatic rings. The van der Waals surface area contributed by atoms with Crippen molar-refractivity contribution >= 4 is 8.56 Å². The predicted molar refractivity (Wildman–Crippen MR) is 102 cm³/mol. The molecule has 0 unspecified atom stereocenters. The summed E-state index contributed by atoms with van der Waals surface area (Å²) in [4.78, 5) is 0. The van der Waals surface area contributed by atoms with Crippen LogP contribution in [0.5, 0.6) is 0 Å². The van der Waals surface area contributed by atoms with Crippen molar-refractivity contribution in [2.24, 2.45) is 0 Å². The Labute approximate surface area is 162 Å². The molecule has 0 saturated heterocycles. The normalized spacial score (nSPS) is 12.9. The van der Waals surface area contributed by atoms with Crippen molar-refractivity contribution in [3.8, 4) is 0 Å². The van der Waals surface area contributed by atoms with E-state index in [9.17, 15) is 0 Å². The molecule has 0 radical (unpaired) electrons. The van der Waals surface area contributed by atoms with E-state index in [1.807, 2.05) is 0 Å². The van der Waals surface area contributed by atoms with Gasteiger partial charge in [-0.2, -0.15) is 6.08 Å². The van der Waals surface area contributed by atoms with Crippen molar-refractivity contribution in [2.45, 2.75) is 64.8 Å². The Bertz CT molecular complexity index is 323. The summed E-state index contributed by atoms with van der Waals surface area (Å²) < 4.78 is 11.3. The van der Waals surface area contributed by atoms with Gasteiger partial charge in [0, 0.05) is 14.2 Å². The number of rotatable bonds is 10. The Balaban J connectivity index is -0.000000451. The summed E-state index contributed by atoms with van der Waals surface area (Å²) >= 11 is 0. The van der Waals surface area contributed by atoms with E-state index in [4.69, 9.17) is 8.85 Å². The van der Waals surface area contributed by atoms with Crippen LogP contribution in [0.15, 0.2) is 16.8 Å². The SMILES string of the molecule is CCCCCCCCC1=[C-]CC=C1[Si](C)(OC)OC.[CH3-].[CH3-].[CH3-].[Pt+4]. The van der Waals surface area contributed by atoms with Crippen LogP contribution in [0, 0.1) is 28.4 Å². The van der Waals surface area contributed by atoms with E-state index < -0.39 is 8.56 Å². The van der Waals surface area contributed by atoms with Crippen molar-refractivity contribution in [1.29, 1.82) is 0 Å². The number of unbranched alkanes of at least 4 members (excludes halogenated alkanes) is 5. The van der Waals surface area contributed by atoms with E-state index in [1.165, 1.54) is 49.3 Å². The third kappa shape index (κ3) is 10.0. The van der Waals surface area contributed by atoms with E-state index in [1.54, 1.807) is 14.2 Å². The van der Waals surface area contributed by atoms with Gasteiger partial charge in [0.25, 0.3) is 8.56 Å². The van der Waals surface area contributed by atoms with Gasteiger partial charge < -0.3 is 31.1 Å². The molecule has 0 atom stereocenters. The van der Waals surface area contributed by atoms with Gasteiger partial charge in [-0.25, -0.2) is 5.57 Å². The molecule has 0 spiro atoms. The second-order valence-corrected chi connectivity index (χ2v) is 8.60. The summed E-state index contributed by atoms with van der Waals surface area (Å²) in [6.07, 6.45) is 15.8. The fourth-order valence-corrected chi connectivity index (χ4v) is 4.40. The predicted octanol–water partition coefficient (Wildman–Crippen LogP) is 6.05. The van der Waals surface area contributed by atoms with E-state index >= 15 is 0 Å². The van der Waals surface area contributed by atoms with Crippen molar-refractivity contribution in [3.05, 3.63) is 45.2 Å². The molecule has 4 heteroatoms. The molecular formula is C19H38O2PtSi. The molecule has 0 fully saturated rings. The fourth-order valence-electron chi connectivity index (χ4n) is 2.56. The van der Waals surface area contributed by atoms with Gasteiger partial charge in [0.05, 0.1) is 0 Å². The average molecular weight is 522 g/mol. The van der Waals surface area contributed by atoms with E-state index in [0.717, 1.165) is 12.8 Å². The molecule has 0 amide bonds. The average Bonchev–Trinajstić information content (AvgIpc) is 2.91. The minimum atomic E-state index is -2.15. The number of allylic oxidation sites excluding steroid dienone is 4. The third-order valence-electron chi connectivity index (χ3n) is 4.00. The van der Waals surface area contributed by atoms with Crippen LogP contribution in [0.2, 0.25) is 6.55 Å². The van der Waals surface area contributed by atoms with Gasteiger partial charge >= 0.3 is 21.1 Å². The second kappa shape index (κ2) is 17.1. The molecule has 0 aliphatic heterocycles. The van der Waals surface area contributed by atoms with Crippen LogP contribution in [0.3, 0.4) is 0 Å². The summed E-state index contributed by atoms with van der Waals surface area (Å²) in [6, 6.07) is 0. The van der Waals surface area contributed by atoms with Crippen molar-refractivity contribution < 1.29 is 29.9 Å². The van der Waals surface area contributed by atoms with Gasteiger partial charge in [-0.1, -0.05) is 51.9 Å². The van der Waals surface area contributed by atoms with Gasteiger partial charge in [0.15, 0.2) is 0 Å². The Kier molecular flexibility index (Phi) is 23.2. The molecule has 0 N–H and O–H groups in total. The third-order valence-corrected chi connectivity index (χ3v) is 7.04. The van der Waals surface area contributed by atoms with E-state index in [0.29, 0.717) is 0 Å². The van der Waals surface area contributed by atoms with E-state index in [2.05, 4.69) is 25.6 Å². The van der Waals surface area contributed by atoms with Gasteiger partial charge in [-0.3, -0.25) is 6.08 Å². The summed E-state index contributed by atoms with van der Waals surface area (Å²) in [5.74, 6) is 0. The van der Waals surface area contributed by atoms with Gasteiger partial charge in [-0.05, 0) is 6.55 Å². The Morgan fingerprint density at radius 3 is 2.04 bits per heavy atom. The Morgan fingerprint density at radius 1 is 1.00 bits per heavy atom. The summed E-state index contributed by atoms with van der Waals surface area (Å²) in [7, 11) is 1.38. The van der Waals surface area contributed by atoms with Crippen LogP contribution in [-0.4, -0.2) is 22.8 Å². The maximum Gasteiger partial charge on any atom is 4.00 e. The zero-order valence-electron chi connectivity index (χ0n) is 16.4. The molecule has 0 heterocycles. The van der Waals surface area contributed by atoms with Crippen LogP contribution in [-0.2, 0) is 29.9 Å². The quantitative estimate of drug-likeness (QED) is 0.198. The van der Waals surface area contributed by atoms with Gasteiger partial charge in [0.2, 0.25) is 0 Å². The molecular weight excluding hydrogens is 483 g/mol. The Hall–Kier alpha value is 0.305. The van der Waals surface area contributed by atoms with Crippen LogP contribution in [0.25, 0.3) is 0 Å². The Morgan fingerprint density at radius 2 is 1.52 bits per heavy atom. The topological polar surface area (TPSA) is 18.5 Å². The largest absolute Gasteiger partial charge is 4.00 e. The zero-order valence-corrected chi connectivity index (χ0v) is 19.6. The number of hydrogen-bond donors (Lipinski definition) is 0. The molecule has 1 rings (SSSR count). The molecule has 0 bridgehead atoms. The summed E-state index contributed by atoms with van der Waals surface area (Å²) in [5.41, 5.74) is 1.35. The zero-order chi connectivity index (χ0) is 14.1. The van der Waals surface area contributed by atoms with Crippen molar-refractivity contribution in [2.75, 3.05) is 14.2 Å². The van der Waals surface area contributed by atoms with E-state index in [-0.39, 0.29) is 43.3 Å². The second-order valence-electron chi connectivity index (χ2n) is 5.35. The monoisotopic (exact) mass is 521 g/mol. The molecule has 23 heavy (non-hydrogen) atoms. The van der Waals surface area contributed by atoms with Crippen LogP contribution >= 0.6 is 0 Å². The fraction of sp³-hybridized carbons (Fsp3) is 0.632. The maximum absolute atomic E-state index is 5.65. The smallest absolute Gasteiger partial charge is 0.406 e. The minimum absolute atomic E-state index is 0. The first-order valence-electron chi connectivity index (χ1n) is 7.59. The van der Waals surface area contributed by atoms with Crippen molar-refractivity contribution in [1.82, 2.24) is 0 Å². The van der Waals surface area contributed by atoms with Crippen molar-refractivity contribution in [3.63, 3.8) is 0 Å². The molecule has 1 aliphatic carbocycles. The molecule has 0 aromatic heterocycles. The first-order chi connectivity index (χ1) is 9.18. The van der Waals surface area contributed by atoms with Gasteiger partial charge in [-0.15, -0.1) is 11.6 Å².